The van der Waals surface area contributed by atoms with E-state index >= 15 is 0 Å². The summed E-state index contributed by atoms with van der Waals surface area (Å²) in [5.74, 6) is -7.31. The summed E-state index contributed by atoms with van der Waals surface area (Å²) in [5.41, 5.74) is 27.1. The van der Waals surface area contributed by atoms with Gasteiger partial charge in [-0.3, -0.25) is 0 Å². The van der Waals surface area contributed by atoms with E-state index in [-0.39, 0.29) is 77.4 Å². The second kappa shape index (κ2) is 46.8. The number of carbonyl (C=O) groups is 6. The zero-order valence-corrected chi connectivity index (χ0v) is 19.6. The van der Waals surface area contributed by atoms with E-state index in [2.05, 4.69) is 34.4 Å². The van der Waals surface area contributed by atoms with E-state index in [1.807, 2.05) is 0 Å². The van der Waals surface area contributed by atoms with E-state index in [1.54, 1.807) is 0 Å². The van der Waals surface area contributed by atoms with E-state index in [1.165, 1.54) is 0 Å². The Morgan fingerprint density at radius 1 is 0.375 bits per heavy atom. The molecule has 0 saturated carbocycles. The van der Waals surface area contributed by atoms with Crippen molar-refractivity contribution >= 4 is 35.8 Å². The number of nitrogens with two attached hydrogens (primary N) is 6. The topological polar surface area (TPSA) is 397 Å². The van der Waals surface area contributed by atoms with Crippen molar-refractivity contribution in [3.63, 3.8) is 0 Å². The molecule has 0 fully saturated rings. The van der Waals surface area contributed by atoms with Crippen molar-refractivity contribution in [1.82, 2.24) is 0 Å². The molecule has 18 nitrogen and oxygen atoms in total. The Morgan fingerprint density at radius 3 is 0.406 bits per heavy atom. The number of aliphatic carboxylic acids is 6. The molecule has 32 heavy (non-hydrogen) atoms. The number of hydrogen-bond acceptors (Lipinski definition) is 18. The van der Waals surface area contributed by atoms with Crippen LogP contribution in [0.3, 0.4) is 0 Å². The van der Waals surface area contributed by atoms with E-state index in [9.17, 15) is 0 Å². The Morgan fingerprint density at radius 2 is 0.406 bits per heavy atom. The maximum Gasteiger partial charge on any atom is 4.00 e. The molecule has 0 atom stereocenters. The molecule has 0 rings (SSSR count). The minimum atomic E-state index is -1.22. The van der Waals surface area contributed by atoms with Gasteiger partial charge in [-0.15, -0.1) is 0 Å². The van der Waals surface area contributed by atoms with Gasteiger partial charge in [-0.1, -0.05) is 0 Å². The normalized spacial score (nSPS) is 6.94. The molecule has 0 aliphatic heterocycles. The predicted molar refractivity (Wildman–Crippen MR) is 84.4 cm³/mol. The molecular weight excluding hydrogens is 571 g/mol. The van der Waals surface area contributed by atoms with Gasteiger partial charge in [0, 0.05) is 39.3 Å². The van der Waals surface area contributed by atoms with Gasteiger partial charge in [0.1, 0.15) is 0 Å². The number of rotatable bonds is 6. The molecule has 12 N–H and O–H groups in total. The molecule has 0 aliphatic rings. The van der Waals surface area contributed by atoms with E-state index in [0.717, 1.165) is 0 Å². The summed E-state index contributed by atoms with van der Waals surface area (Å²) in [5, 5.41) is 54.8. The van der Waals surface area contributed by atoms with Crippen molar-refractivity contribution in [2.45, 2.75) is 0 Å². The Labute approximate surface area is 207 Å². The maximum absolute atomic E-state index is 9.13. The third-order valence-corrected chi connectivity index (χ3v) is 1.00. The molecule has 187 valence electrons. The Balaban J connectivity index is -0.0000000356. The third-order valence-electron chi connectivity index (χ3n) is 1.00. The van der Waals surface area contributed by atoms with Crippen LogP contribution in [0.15, 0.2) is 0 Å². The van der Waals surface area contributed by atoms with Crippen molar-refractivity contribution in [3.05, 3.63) is 0 Å². The molecule has 1 radical (unpaired) electrons. The molecule has 0 aromatic carbocycles. The van der Waals surface area contributed by atoms with Crippen LogP contribution in [0.25, 0.3) is 0 Å². The summed E-state index contributed by atoms with van der Waals surface area (Å²) in [6, 6.07) is 0. The molecule has 0 saturated heterocycles. The monoisotopic (exact) mass is 597 g/mol. The number of carboxylic acids is 6. The van der Waals surface area contributed by atoms with Gasteiger partial charge < -0.3 is 93.8 Å². The molecular formula is C12H24MnMoN6O12. The van der Waals surface area contributed by atoms with Crippen LogP contribution in [0.1, 0.15) is 0 Å². The Kier molecular flexibility index (Phi) is 76.1. The van der Waals surface area contributed by atoms with Gasteiger partial charge in [0.2, 0.25) is 0 Å². The van der Waals surface area contributed by atoms with E-state index in [0.29, 0.717) is 0 Å². The fourth-order valence-corrected chi connectivity index (χ4v) is 0. The number of carboxylic acid groups (broad SMARTS) is 6. The summed E-state index contributed by atoms with van der Waals surface area (Å²) in [7, 11) is 0. The first-order chi connectivity index (χ1) is 13.6. The molecule has 0 unspecified atom stereocenters. The van der Waals surface area contributed by atoms with Crippen LogP contribution in [-0.4, -0.2) is 75.1 Å². The number of carbonyl (C=O) groups excluding carboxylic acids is 6. The summed E-state index contributed by atoms with van der Waals surface area (Å²) >= 11 is 0. The third kappa shape index (κ3) is 208. The molecule has 0 aromatic rings. The summed E-state index contributed by atoms with van der Waals surface area (Å²) in [6.07, 6.45) is 0. The van der Waals surface area contributed by atoms with Crippen LogP contribution < -0.4 is 65.0 Å². The van der Waals surface area contributed by atoms with Gasteiger partial charge in [0.25, 0.3) is 0 Å². The molecule has 0 amide bonds. The molecule has 0 aliphatic carbocycles. The minimum Gasteiger partial charge on any atom is -0.549 e. The molecule has 20 heteroatoms. The standard InChI is InChI=1S/6C2H5NO2.Mn.Mo/c6*3-1-2(4)5;;/h6*1,3H2,(H,4,5);;/q;;;;;;+2;+4/p-6. The molecule has 0 bridgehead atoms. The largest absolute Gasteiger partial charge is 4.00 e. The summed E-state index contributed by atoms with van der Waals surface area (Å²) in [6.45, 7) is -2.33. The van der Waals surface area contributed by atoms with Gasteiger partial charge in [-0.2, -0.15) is 0 Å². The first kappa shape index (κ1) is 52.0. The SMILES string of the molecule is NCC(=O)[O-].NCC(=O)[O-].NCC(=O)[O-].NCC(=O)[O-].NCC(=O)[O-].NCC(=O)[O-].[Mn+2].[Mo+4]. The fourth-order valence-electron chi connectivity index (χ4n) is 0. The van der Waals surface area contributed by atoms with Gasteiger partial charge >= 0.3 is 38.1 Å². The van der Waals surface area contributed by atoms with Crippen LogP contribution in [-0.2, 0) is 66.9 Å². The van der Waals surface area contributed by atoms with Crippen LogP contribution in [0.4, 0.5) is 0 Å². The van der Waals surface area contributed by atoms with Crippen LogP contribution in [0.5, 0.6) is 0 Å². The van der Waals surface area contributed by atoms with E-state index in [4.69, 9.17) is 59.4 Å². The van der Waals surface area contributed by atoms with Crippen molar-refractivity contribution in [1.29, 1.82) is 0 Å². The van der Waals surface area contributed by atoms with Crippen molar-refractivity contribution in [2.24, 2.45) is 34.4 Å². The zero-order valence-electron chi connectivity index (χ0n) is 16.4. The Bertz CT molecular complexity index is 379. The van der Waals surface area contributed by atoms with Gasteiger partial charge in [0.15, 0.2) is 0 Å². The Hall–Kier alpha value is -2.21. The van der Waals surface area contributed by atoms with Crippen LogP contribution in [0.2, 0.25) is 0 Å². The van der Waals surface area contributed by atoms with Gasteiger partial charge in [-0.25, -0.2) is 0 Å². The van der Waals surface area contributed by atoms with Crippen LogP contribution in [0, 0.1) is 0 Å². The maximum atomic E-state index is 9.13. The summed E-state index contributed by atoms with van der Waals surface area (Å²) in [4.78, 5) is 54.8. The zero-order chi connectivity index (χ0) is 25.7. The first-order valence-corrected chi connectivity index (χ1v) is 7.02. The second-order valence-corrected chi connectivity index (χ2v) is 3.46. The predicted octanol–water partition coefficient (Wildman–Crippen LogP) is -13.8. The molecule has 0 spiro atoms. The van der Waals surface area contributed by atoms with Crippen molar-refractivity contribution in [3.8, 4) is 0 Å². The van der Waals surface area contributed by atoms with Gasteiger partial charge in [-0.05, 0) is 0 Å². The van der Waals surface area contributed by atoms with Gasteiger partial charge in [0.05, 0.1) is 35.8 Å². The minimum absolute atomic E-state index is 0. The molecule has 0 aromatic heterocycles. The number of hydrogen-bond donors (Lipinski definition) is 6. The average molecular weight is 595 g/mol. The fraction of sp³-hybridized carbons (Fsp3) is 0.500. The molecule has 0 heterocycles. The summed E-state index contributed by atoms with van der Waals surface area (Å²) < 4.78 is 0. The average Bonchev–Trinajstić information content (AvgIpc) is 2.69. The van der Waals surface area contributed by atoms with Crippen molar-refractivity contribution < 1.29 is 97.5 Å². The van der Waals surface area contributed by atoms with E-state index < -0.39 is 35.8 Å². The quantitative estimate of drug-likeness (QED) is 0.155. The first-order valence-electron chi connectivity index (χ1n) is 7.02. The second-order valence-electron chi connectivity index (χ2n) is 3.46. The van der Waals surface area contributed by atoms with Crippen molar-refractivity contribution in [2.75, 3.05) is 39.3 Å². The van der Waals surface area contributed by atoms with Crippen LogP contribution >= 0.6 is 0 Å². The smallest absolute Gasteiger partial charge is 0.549 e.